The van der Waals surface area contributed by atoms with E-state index < -0.39 is 23.5 Å². The Kier molecular flexibility index (Phi) is 4.68. The van der Waals surface area contributed by atoms with Gasteiger partial charge in [0.2, 0.25) is 0 Å². The van der Waals surface area contributed by atoms with Crippen LogP contribution in [0.1, 0.15) is 43.6 Å². The van der Waals surface area contributed by atoms with Crippen LogP contribution >= 0.6 is 0 Å². The van der Waals surface area contributed by atoms with Gasteiger partial charge in [0, 0.05) is 0 Å². The Labute approximate surface area is 115 Å². The smallest absolute Gasteiger partial charge is 0.462 e. The maximum atomic E-state index is 12.3. The van der Waals surface area contributed by atoms with Gasteiger partial charge >= 0.3 is 12.3 Å². The lowest BCUT2D eigenvalue weighted by molar-refractivity contribution is -0.274. The number of hydrogen-bond acceptors (Lipinski definition) is 3. The van der Waals surface area contributed by atoms with Crippen LogP contribution in [0.25, 0.3) is 0 Å². The number of hydrogen-bond donors (Lipinski definition) is 0. The highest BCUT2D eigenvalue weighted by Crippen LogP contribution is 2.30. The van der Waals surface area contributed by atoms with Crippen molar-refractivity contribution in [1.29, 1.82) is 0 Å². The Balaban J connectivity index is 3.25. The van der Waals surface area contributed by atoms with Gasteiger partial charge in [0.15, 0.2) is 0 Å². The molecule has 1 aromatic carbocycles. The first-order valence-corrected chi connectivity index (χ1v) is 6.11. The first-order valence-electron chi connectivity index (χ1n) is 6.11. The fourth-order valence-corrected chi connectivity index (χ4v) is 1.56. The summed E-state index contributed by atoms with van der Waals surface area (Å²) in [7, 11) is 0. The van der Waals surface area contributed by atoms with E-state index in [0.29, 0.717) is 5.56 Å². The maximum Gasteiger partial charge on any atom is 0.573 e. The Bertz CT molecular complexity index is 487. The molecule has 0 aliphatic rings. The van der Waals surface area contributed by atoms with Gasteiger partial charge in [0.05, 0.1) is 12.2 Å². The summed E-state index contributed by atoms with van der Waals surface area (Å²) in [6.07, 6.45) is -4.80. The molecule has 0 saturated heterocycles. The minimum atomic E-state index is -4.80. The summed E-state index contributed by atoms with van der Waals surface area (Å²) in [5, 5.41) is 0. The van der Waals surface area contributed by atoms with E-state index in [2.05, 4.69) is 4.74 Å². The molecule has 0 bridgehead atoms. The predicted octanol–water partition coefficient (Wildman–Crippen LogP) is 4.06. The number of halogens is 3. The third-order valence-electron chi connectivity index (χ3n) is 2.52. The van der Waals surface area contributed by atoms with Crippen LogP contribution in [0, 0.1) is 0 Å². The van der Waals surface area contributed by atoms with Crippen LogP contribution in [0.3, 0.4) is 0 Å². The van der Waals surface area contributed by atoms with Crippen LogP contribution < -0.4 is 4.74 Å². The highest BCUT2D eigenvalue weighted by atomic mass is 19.4. The Hall–Kier alpha value is -1.72. The fraction of sp³-hybridized carbons (Fsp3) is 0.500. The lowest BCUT2D eigenvalue weighted by Gasteiger charge is -2.21. The van der Waals surface area contributed by atoms with Crippen molar-refractivity contribution in [3.8, 4) is 5.75 Å². The molecular formula is C14H17F3O3. The molecule has 0 heterocycles. The zero-order chi connectivity index (χ0) is 15.6. The van der Waals surface area contributed by atoms with Gasteiger partial charge in [0.25, 0.3) is 0 Å². The summed E-state index contributed by atoms with van der Waals surface area (Å²) < 4.78 is 45.6. The molecule has 6 heteroatoms. The molecule has 0 N–H and O–H groups in total. The second-order valence-corrected chi connectivity index (χ2v) is 5.26. The topological polar surface area (TPSA) is 35.5 Å². The van der Waals surface area contributed by atoms with Crippen molar-refractivity contribution < 1.29 is 27.4 Å². The zero-order valence-electron chi connectivity index (χ0n) is 11.8. The molecule has 0 fully saturated rings. The van der Waals surface area contributed by atoms with Crippen LogP contribution in [0.4, 0.5) is 13.2 Å². The average molecular weight is 290 g/mol. The molecule has 20 heavy (non-hydrogen) atoms. The number of esters is 1. The molecule has 0 spiro atoms. The third kappa shape index (κ3) is 4.75. The summed E-state index contributed by atoms with van der Waals surface area (Å²) >= 11 is 0. The van der Waals surface area contributed by atoms with Gasteiger partial charge in [-0.2, -0.15) is 0 Å². The number of alkyl halides is 3. The summed E-state index contributed by atoms with van der Waals surface area (Å²) in [6.45, 7) is 7.25. The summed E-state index contributed by atoms with van der Waals surface area (Å²) in [4.78, 5) is 11.7. The minimum absolute atomic E-state index is 0.0403. The molecular weight excluding hydrogens is 273 g/mol. The summed E-state index contributed by atoms with van der Waals surface area (Å²) in [5.74, 6) is -1.10. The predicted molar refractivity (Wildman–Crippen MR) is 67.8 cm³/mol. The maximum absolute atomic E-state index is 12.3. The molecule has 3 nitrogen and oxygen atoms in total. The SMILES string of the molecule is CCOC(=O)c1cc(OC(F)(F)F)cc(C(C)(C)C)c1. The standard InChI is InChI=1S/C14H17F3O3/c1-5-19-12(18)9-6-10(13(2,3)4)8-11(7-9)20-14(15,16)17/h6-8H,5H2,1-4H3. The molecule has 0 radical (unpaired) electrons. The summed E-state index contributed by atoms with van der Waals surface area (Å²) in [6, 6.07) is 3.82. The fourth-order valence-electron chi connectivity index (χ4n) is 1.56. The van der Waals surface area contributed by atoms with Gasteiger partial charge in [0.1, 0.15) is 5.75 Å². The van der Waals surface area contributed by atoms with Gasteiger partial charge in [-0.3, -0.25) is 0 Å². The number of rotatable bonds is 3. The van der Waals surface area contributed by atoms with Crippen LogP contribution in [0.15, 0.2) is 18.2 Å². The minimum Gasteiger partial charge on any atom is -0.462 e. The number of benzene rings is 1. The van der Waals surface area contributed by atoms with Crippen molar-refractivity contribution in [3.63, 3.8) is 0 Å². The van der Waals surface area contributed by atoms with Gasteiger partial charge in [-0.1, -0.05) is 20.8 Å². The monoisotopic (exact) mass is 290 g/mol. The normalized spacial score (nSPS) is 12.2. The van der Waals surface area contributed by atoms with Crippen LogP contribution in [-0.2, 0) is 10.2 Å². The van der Waals surface area contributed by atoms with E-state index in [1.54, 1.807) is 6.92 Å². The largest absolute Gasteiger partial charge is 0.573 e. The lowest BCUT2D eigenvalue weighted by atomic mass is 9.86. The third-order valence-corrected chi connectivity index (χ3v) is 2.52. The molecule has 1 rings (SSSR count). The number of carbonyl (C=O) groups is 1. The molecule has 0 atom stereocenters. The lowest BCUT2D eigenvalue weighted by Crippen LogP contribution is -2.19. The second-order valence-electron chi connectivity index (χ2n) is 5.26. The second kappa shape index (κ2) is 5.73. The van der Waals surface area contributed by atoms with Crippen molar-refractivity contribution in [2.45, 2.75) is 39.5 Å². The molecule has 0 aliphatic heterocycles. The number of carbonyl (C=O) groups excluding carboxylic acids is 1. The van der Waals surface area contributed by atoms with Crippen molar-refractivity contribution in [3.05, 3.63) is 29.3 Å². The quantitative estimate of drug-likeness (QED) is 0.787. The molecule has 0 aliphatic carbocycles. The van der Waals surface area contributed by atoms with Crippen LogP contribution in [0.2, 0.25) is 0 Å². The van der Waals surface area contributed by atoms with Gasteiger partial charge < -0.3 is 9.47 Å². The zero-order valence-corrected chi connectivity index (χ0v) is 11.8. The Morgan fingerprint density at radius 1 is 1.15 bits per heavy atom. The van der Waals surface area contributed by atoms with Crippen molar-refractivity contribution in [2.75, 3.05) is 6.61 Å². The van der Waals surface area contributed by atoms with Crippen molar-refractivity contribution in [1.82, 2.24) is 0 Å². The van der Waals surface area contributed by atoms with Gasteiger partial charge in [-0.05, 0) is 36.1 Å². The van der Waals surface area contributed by atoms with Gasteiger partial charge in [-0.15, -0.1) is 13.2 Å². The first-order chi connectivity index (χ1) is 9.03. The average Bonchev–Trinajstić information content (AvgIpc) is 2.25. The molecule has 0 aromatic heterocycles. The first kappa shape index (κ1) is 16.3. The Morgan fingerprint density at radius 3 is 2.20 bits per heavy atom. The highest BCUT2D eigenvalue weighted by molar-refractivity contribution is 5.90. The number of ether oxygens (including phenoxy) is 2. The van der Waals surface area contributed by atoms with Crippen LogP contribution in [-0.4, -0.2) is 18.9 Å². The van der Waals surface area contributed by atoms with E-state index in [-0.39, 0.29) is 12.2 Å². The highest BCUT2D eigenvalue weighted by Gasteiger charge is 2.32. The van der Waals surface area contributed by atoms with E-state index in [0.717, 1.165) is 6.07 Å². The van der Waals surface area contributed by atoms with Crippen molar-refractivity contribution in [2.24, 2.45) is 0 Å². The molecule has 0 saturated carbocycles. The molecule has 112 valence electrons. The molecule has 0 unspecified atom stereocenters. The van der Waals surface area contributed by atoms with E-state index in [1.807, 2.05) is 20.8 Å². The summed E-state index contributed by atoms with van der Waals surface area (Å²) in [5.41, 5.74) is 0.174. The van der Waals surface area contributed by atoms with Crippen molar-refractivity contribution >= 4 is 5.97 Å². The molecule has 1 aromatic rings. The van der Waals surface area contributed by atoms with E-state index in [9.17, 15) is 18.0 Å². The van der Waals surface area contributed by atoms with E-state index in [4.69, 9.17) is 4.74 Å². The van der Waals surface area contributed by atoms with Crippen LogP contribution in [0.5, 0.6) is 5.75 Å². The van der Waals surface area contributed by atoms with E-state index >= 15 is 0 Å². The van der Waals surface area contributed by atoms with E-state index in [1.165, 1.54) is 12.1 Å². The van der Waals surface area contributed by atoms with Gasteiger partial charge in [-0.25, -0.2) is 4.79 Å². The molecule has 0 amide bonds. The Morgan fingerprint density at radius 2 is 1.75 bits per heavy atom.